The minimum absolute atomic E-state index is 0.989. The fourth-order valence-electron chi connectivity index (χ4n) is 9.92. The molecule has 4 nitrogen and oxygen atoms in total. The summed E-state index contributed by atoms with van der Waals surface area (Å²) >= 11 is 0. The van der Waals surface area contributed by atoms with Crippen molar-refractivity contribution in [3.05, 3.63) is 178 Å². The van der Waals surface area contributed by atoms with Gasteiger partial charge in [0.05, 0.1) is 16.6 Å². The third kappa shape index (κ3) is 5.20. The fraction of sp³-hybridized carbons (Fsp3) is 0.154. The minimum Gasteiger partial charge on any atom is -0.313 e. The monoisotopic (exact) mass is 722 g/mol. The number of allylic oxidation sites excluding steroid dienone is 1. The summed E-state index contributed by atoms with van der Waals surface area (Å²) in [6.45, 7) is 8.79. The third-order valence-electron chi connectivity index (χ3n) is 12.2. The molecule has 2 aliphatic rings. The van der Waals surface area contributed by atoms with Crippen LogP contribution in [0.5, 0.6) is 0 Å². The number of pyridine rings is 2. The van der Waals surface area contributed by atoms with E-state index in [1.807, 2.05) is 24.8 Å². The van der Waals surface area contributed by atoms with Crippen molar-refractivity contribution in [3.8, 4) is 33.6 Å². The molecule has 0 bridgehead atoms. The summed E-state index contributed by atoms with van der Waals surface area (Å²) < 4.78 is 4.94. The smallest absolute Gasteiger partial charge is 0.0547 e. The topological polar surface area (TPSA) is 35.6 Å². The zero-order valence-electron chi connectivity index (χ0n) is 32.3. The summed E-state index contributed by atoms with van der Waals surface area (Å²) in [6.07, 6.45) is 14.2. The number of nitrogens with zero attached hydrogens (tertiary/aromatic N) is 4. The molecule has 0 atom stereocenters. The first-order valence-electron chi connectivity index (χ1n) is 19.9. The first-order valence-corrected chi connectivity index (χ1v) is 19.9. The molecule has 0 saturated heterocycles. The van der Waals surface area contributed by atoms with Gasteiger partial charge in [0.2, 0.25) is 0 Å². The zero-order valence-corrected chi connectivity index (χ0v) is 32.3. The molecular formula is C52H42N4. The Hall–Kier alpha value is -6.52. The van der Waals surface area contributed by atoms with Crippen molar-refractivity contribution in [1.82, 2.24) is 19.1 Å². The summed E-state index contributed by atoms with van der Waals surface area (Å²) in [5.41, 5.74) is 24.7. The van der Waals surface area contributed by atoms with Crippen molar-refractivity contribution < 1.29 is 0 Å². The van der Waals surface area contributed by atoms with Crippen LogP contribution in [0, 0.1) is 27.7 Å². The molecule has 0 unspecified atom stereocenters. The van der Waals surface area contributed by atoms with E-state index in [1.165, 1.54) is 116 Å². The Balaban J connectivity index is 1.15. The normalized spacial score (nSPS) is 13.5. The average Bonchev–Trinajstić information content (AvgIpc) is 3.70. The Morgan fingerprint density at radius 3 is 1.59 bits per heavy atom. The molecule has 2 aliphatic carbocycles. The lowest BCUT2D eigenvalue weighted by Gasteiger charge is -2.21. The van der Waals surface area contributed by atoms with Gasteiger partial charge in [-0.25, -0.2) is 0 Å². The third-order valence-corrected chi connectivity index (χ3v) is 12.2. The van der Waals surface area contributed by atoms with Gasteiger partial charge in [0.1, 0.15) is 0 Å². The lowest BCUT2D eigenvalue weighted by molar-refractivity contribution is 0.896. The maximum atomic E-state index is 4.39. The van der Waals surface area contributed by atoms with Crippen LogP contribution in [0.2, 0.25) is 0 Å². The van der Waals surface area contributed by atoms with Gasteiger partial charge in [0.15, 0.2) is 0 Å². The van der Waals surface area contributed by atoms with Crippen molar-refractivity contribution >= 4 is 44.4 Å². The largest absolute Gasteiger partial charge is 0.313 e. The van der Waals surface area contributed by atoms with E-state index >= 15 is 0 Å². The molecule has 0 N–H and O–H groups in total. The van der Waals surface area contributed by atoms with E-state index in [4.69, 9.17) is 0 Å². The van der Waals surface area contributed by atoms with Crippen LogP contribution in [0.15, 0.2) is 128 Å². The van der Waals surface area contributed by atoms with Gasteiger partial charge < -0.3 is 9.13 Å². The Kier molecular flexibility index (Phi) is 7.34. The van der Waals surface area contributed by atoms with Crippen LogP contribution < -0.4 is 0 Å². The van der Waals surface area contributed by atoms with Crippen LogP contribution in [0.3, 0.4) is 0 Å². The molecular weight excluding hydrogens is 681 g/mol. The van der Waals surface area contributed by atoms with Crippen molar-refractivity contribution in [3.63, 3.8) is 0 Å². The molecule has 5 aromatic carbocycles. The van der Waals surface area contributed by atoms with E-state index in [-0.39, 0.29) is 0 Å². The van der Waals surface area contributed by atoms with E-state index in [1.54, 1.807) is 0 Å². The average molecular weight is 723 g/mol. The zero-order chi connectivity index (χ0) is 37.7. The maximum absolute atomic E-state index is 4.39. The number of aryl methyl sites for hydroxylation is 6. The van der Waals surface area contributed by atoms with Gasteiger partial charge in [-0.2, -0.15) is 0 Å². The Morgan fingerprint density at radius 2 is 0.964 bits per heavy atom. The van der Waals surface area contributed by atoms with Crippen molar-refractivity contribution in [2.24, 2.45) is 0 Å². The van der Waals surface area contributed by atoms with Crippen molar-refractivity contribution in [1.29, 1.82) is 0 Å². The van der Waals surface area contributed by atoms with E-state index in [2.05, 4.69) is 156 Å². The van der Waals surface area contributed by atoms with E-state index in [0.29, 0.717) is 0 Å². The number of rotatable bonds is 4. The second-order valence-corrected chi connectivity index (χ2v) is 16.1. The number of hydrogen-bond donors (Lipinski definition) is 0. The van der Waals surface area contributed by atoms with Crippen LogP contribution in [0.1, 0.15) is 56.6 Å². The highest BCUT2D eigenvalue weighted by Crippen LogP contribution is 2.46. The number of hydrogen-bond acceptors (Lipinski definition) is 2. The highest BCUT2D eigenvalue weighted by molar-refractivity contribution is 6.12. The molecule has 0 radical (unpaired) electrons. The Bertz CT molecular complexity index is 3060. The molecule has 4 heterocycles. The van der Waals surface area contributed by atoms with Crippen LogP contribution >= 0.6 is 0 Å². The van der Waals surface area contributed by atoms with E-state index < -0.39 is 0 Å². The van der Waals surface area contributed by atoms with Crippen LogP contribution in [-0.4, -0.2) is 19.1 Å². The number of benzene rings is 5. The van der Waals surface area contributed by atoms with Gasteiger partial charge in [0.25, 0.3) is 0 Å². The van der Waals surface area contributed by atoms with Crippen LogP contribution in [0.25, 0.3) is 78.0 Å². The molecule has 4 aromatic heterocycles. The Morgan fingerprint density at radius 1 is 0.429 bits per heavy atom. The summed E-state index contributed by atoms with van der Waals surface area (Å²) in [5.74, 6) is 0. The van der Waals surface area contributed by atoms with Gasteiger partial charge in [-0.15, -0.1) is 0 Å². The first kappa shape index (κ1) is 32.9. The lowest BCUT2D eigenvalue weighted by atomic mass is 9.83. The molecule has 11 rings (SSSR count). The van der Waals surface area contributed by atoms with E-state index in [0.717, 1.165) is 31.4 Å². The number of aromatic nitrogens is 4. The SMILES string of the molecule is Cc1cc(C)cc(C2=Cc3c(n(-c4ccncc4)c4cc5c(cc34)CCc3cc4c6cc(-c7cc(C)cc(C)c7)ccc6n(-c6ccncc6)c4cc3-5)CC2)c1. The Labute approximate surface area is 327 Å². The van der Waals surface area contributed by atoms with Gasteiger partial charge in [-0.05, 0) is 165 Å². The molecule has 0 fully saturated rings. The van der Waals surface area contributed by atoms with Gasteiger partial charge in [-0.1, -0.05) is 64.7 Å². The van der Waals surface area contributed by atoms with Crippen molar-refractivity contribution in [2.75, 3.05) is 0 Å². The predicted octanol–water partition coefficient (Wildman–Crippen LogP) is 12.7. The quantitative estimate of drug-likeness (QED) is 0.181. The highest BCUT2D eigenvalue weighted by Gasteiger charge is 2.27. The van der Waals surface area contributed by atoms with Gasteiger partial charge in [-0.3, -0.25) is 9.97 Å². The van der Waals surface area contributed by atoms with E-state index in [9.17, 15) is 0 Å². The first-order chi connectivity index (χ1) is 27.4. The van der Waals surface area contributed by atoms with Crippen LogP contribution in [-0.2, 0) is 19.3 Å². The molecule has 0 spiro atoms. The summed E-state index contributed by atoms with van der Waals surface area (Å²) in [4.78, 5) is 8.78. The highest BCUT2D eigenvalue weighted by atomic mass is 15.0. The molecule has 0 saturated carbocycles. The predicted molar refractivity (Wildman–Crippen MR) is 233 cm³/mol. The second kappa shape index (κ2) is 12.5. The number of fused-ring (bicyclic) bond motifs is 9. The lowest BCUT2D eigenvalue weighted by Crippen LogP contribution is -2.06. The molecule has 9 aromatic rings. The standard InChI is InChI=1S/C52H42N4/c1-31-19-32(2)22-39(21-31)35-7-9-49-45(25-35)47-27-37-5-6-38-28-48-46-26-36(40-23-33(3)20-34(4)24-40)8-10-50(46)56(42-13-17-54-18-14-42)52(48)30-44(38)43(37)29-51(47)55(49)41-11-15-53-16-12-41/h7,9,11-30H,5-6,8,10H2,1-4H3. The minimum atomic E-state index is 0.989. The molecule has 0 amide bonds. The fourth-order valence-corrected chi connectivity index (χ4v) is 9.92. The summed E-state index contributed by atoms with van der Waals surface area (Å²) in [7, 11) is 0. The van der Waals surface area contributed by atoms with Crippen LogP contribution in [0.4, 0.5) is 0 Å². The summed E-state index contributed by atoms with van der Waals surface area (Å²) in [6, 6.07) is 39.4. The van der Waals surface area contributed by atoms with Gasteiger partial charge in [0, 0.05) is 63.6 Å². The molecule has 0 aliphatic heterocycles. The maximum Gasteiger partial charge on any atom is 0.0547 e. The molecule has 56 heavy (non-hydrogen) atoms. The van der Waals surface area contributed by atoms with Gasteiger partial charge >= 0.3 is 0 Å². The van der Waals surface area contributed by atoms with Crippen molar-refractivity contribution in [2.45, 2.75) is 53.4 Å². The second-order valence-electron chi connectivity index (χ2n) is 16.1. The molecule has 4 heteroatoms. The summed E-state index contributed by atoms with van der Waals surface area (Å²) in [5, 5.41) is 3.92. The molecule has 270 valence electrons.